The van der Waals surface area contributed by atoms with Crippen molar-refractivity contribution in [2.75, 3.05) is 18.5 Å². The summed E-state index contributed by atoms with van der Waals surface area (Å²) >= 11 is 0. The molecule has 1 aromatic heterocycles. The zero-order valence-electron chi connectivity index (χ0n) is 14.2. The molecule has 23 heavy (non-hydrogen) atoms. The Morgan fingerprint density at radius 3 is 2.74 bits per heavy atom. The average Bonchev–Trinajstić information content (AvgIpc) is 2.55. The monoisotopic (exact) mass is 316 g/mol. The summed E-state index contributed by atoms with van der Waals surface area (Å²) in [5.74, 6) is 0.530. The van der Waals surface area contributed by atoms with Crippen LogP contribution in [0, 0.1) is 0 Å². The number of amides is 1. The lowest BCUT2D eigenvalue weighted by Crippen LogP contribution is -2.40. The third kappa shape index (κ3) is 3.99. The van der Waals surface area contributed by atoms with Gasteiger partial charge in [-0.05, 0) is 51.5 Å². The maximum Gasteiger partial charge on any atom is 0.256 e. The predicted molar refractivity (Wildman–Crippen MR) is 91.9 cm³/mol. The standard InChI is InChI=1S/C18H24N2O3/c1-5-12-23-18(3,4)17(21)20-14-9-10-15(22-6-2)16-13(14)8-7-11-19-16/h7-11H,5-6,12H2,1-4H3,(H,20,21). The number of hydrogen-bond acceptors (Lipinski definition) is 4. The van der Waals surface area contributed by atoms with Crippen LogP contribution in [0.3, 0.4) is 0 Å². The lowest BCUT2D eigenvalue weighted by Gasteiger charge is -2.24. The van der Waals surface area contributed by atoms with Gasteiger partial charge in [0, 0.05) is 18.2 Å². The third-order valence-corrected chi connectivity index (χ3v) is 3.49. The molecule has 0 radical (unpaired) electrons. The molecule has 1 amide bonds. The molecule has 0 aliphatic carbocycles. The number of hydrogen-bond donors (Lipinski definition) is 1. The number of anilines is 1. The molecule has 0 atom stereocenters. The van der Waals surface area contributed by atoms with E-state index < -0.39 is 5.60 Å². The van der Waals surface area contributed by atoms with Crippen molar-refractivity contribution in [3.05, 3.63) is 30.5 Å². The van der Waals surface area contributed by atoms with Gasteiger partial charge in [-0.15, -0.1) is 0 Å². The molecule has 1 N–H and O–H groups in total. The maximum absolute atomic E-state index is 12.5. The van der Waals surface area contributed by atoms with Crippen molar-refractivity contribution in [2.45, 2.75) is 39.7 Å². The topological polar surface area (TPSA) is 60.5 Å². The molecule has 0 aliphatic heterocycles. The van der Waals surface area contributed by atoms with Crippen molar-refractivity contribution >= 4 is 22.5 Å². The summed E-state index contributed by atoms with van der Waals surface area (Å²) in [5, 5.41) is 3.79. The Morgan fingerprint density at radius 1 is 1.26 bits per heavy atom. The second-order valence-corrected chi connectivity index (χ2v) is 5.76. The molecule has 0 unspecified atom stereocenters. The predicted octanol–water partition coefficient (Wildman–Crippen LogP) is 3.78. The summed E-state index contributed by atoms with van der Waals surface area (Å²) in [6.45, 7) is 8.60. The first-order valence-electron chi connectivity index (χ1n) is 7.95. The first-order valence-corrected chi connectivity index (χ1v) is 7.95. The molecule has 1 heterocycles. The van der Waals surface area contributed by atoms with Gasteiger partial charge in [-0.1, -0.05) is 6.92 Å². The number of carbonyl (C=O) groups is 1. The molecule has 0 spiro atoms. The van der Waals surface area contributed by atoms with Gasteiger partial charge in [-0.25, -0.2) is 0 Å². The van der Waals surface area contributed by atoms with Crippen molar-refractivity contribution in [3.8, 4) is 5.75 Å². The van der Waals surface area contributed by atoms with Gasteiger partial charge in [0.1, 0.15) is 16.9 Å². The summed E-state index contributed by atoms with van der Waals surface area (Å²) < 4.78 is 11.2. The van der Waals surface area contributed by atoms with Crippen molar-refractivity contribution < 1.29 is 14.3 Å². The SMILES string of the molecule is CCCOC(C)(C)C(=O)Nc1ccc(OCC)c2ncccc12. The highest BCUT2D eigenvalue weighted by Crippen LogP contribution is 2.30. The van der Waals surface area contributed by atoms with Crippen molar-refractivity contribution in [1.29, 1.82) is 0 Å². The Morgan fingerprint density at radius 2 is 2.04 bits per heavy atom. The second kappa shape index (κ2) is 7.42. The highest BCUT2D eigenvalue weighted by atomic mass is 16.5. The quantitative estimate of drug-likeness (QED) is 0.844. The largest absolute Gasteiger partial charge is 0.492 e. The third-order valence-electron chi connectivity index (χ3n) is 3.49. The van der Waals surface area contributed by atoms with E-state index in [1.54, 1.807) is 20.0 Å². The Balaban J connectivity index is 2.30. The van der Waals surface area contributed by atoms with E-state index in [1.165, 1.54) is 0 Å². The summed E-state index contributed by atoms with van der Waals surface area (Å²) in [5.41, 5.74) is 0.553. The van der Waals surface area contributed by atoms with Gasteiger partial charge >= 0.3 is 0 Å². The van der Waals surface area contributed by atoms with Gasteiger partial charge in [-0.2, -0.15) is 0 Å². The van der Waals surface area contributed by atoms with Crippen molar-refractivity contribution in [3.63, 3.8) is 0 Å². The fourth-order valence-corrected chi connectivity index (χ4v) is 2.22. The van der Waals surface area contributed by atoms with Crippen LogP contribution < -0.4 is 10.1 Å². The van der Waals surface area contributed by atoms with E-state index in [0.717, 1.165) is 17.3 Å². The molecular weight excluding hydrogens is 292 g/mol. The molecule has 2 aromatic rings. The number of aromatic nitrogens is 1. The Bertz CT molecular complexity index is 683. The Labute approximate surface area is 137 Å². The van der Waals surface area contributed by atoms with E-state index in [4.69, 9.17) is 9.47 Å². The number of pyridine rings is 1. The van der Waals surface area contributed by atoms with Gasteiger partial charge in [-0.3, -0.25) is 9.78 Å². The first kappa shape index (κ1) is 17.2. The minimum Gasteiger partial charge on any atom is -0.492 e. The Hall–Kier alpha value is -2.14. The van der Waals surface area contributed by atoms with Gasteiger partial charge in [0.15, 0.2) is 0 Å². The molecule has 0 saturated heterocycles. The normalized spacial score (nSPS) is 11.5. The van der Waals surface area contributed by atoms with Crippen LogP contribution in [0.2, 0.25) is 0 Å². The zero-order chi connectivity index (χ0) is 16.9. The Kier molecular flexibility index (Phi) is 5.55. The van der Waals surface area contributed by atoms with E-state index in [0.29, 0.717) is 24.7 Å². The molecule has 5 nitrogen and oxygen atoms in total. The maximum atomic E-state index is 12.5. The van der Waals surface area contributed by atoms with Crippen LogP contribution in [0.1, 0.15) is 34.1 Å². The minimum atomic E-state index is -0.886. The van der Waals surface area contributed by atoms with Crippen LogP contribution in [0.15, 0.2) is 30.5 Å². The number of benzene rings is 1. The van der Waals surface area contributed by atoms with Crippen LogP contribution in [0.4, 0.5) is 5.69 Å². The van der Waals surface area contributed by atoms with E-state index in [9.17, 15) is 4.79 Å². The number of nitrogens with one attached hydrogen (secondary N) is 1. The molecule has 0 bridgehead atoms. The van der Waals surface area contributed by atoms with Crippen LogP contribution >= 0.6 is 0 Å². The zero-order valence-corrected chi connectivity index (χ0v) is 14.2. The van der Waals surface area contributed by atoms with E-state index in [2.05, 4.69) is 10.3 Å². The number of ether oxygens (including phenoxy) is 2. The van der Waals surface area contributed by atoms with Crippen LogP contribution in [-0.2, 0) is 9.53 Å². The number of fused-ring (bicyclic) bond motifs is 1. The summed E-state index contributed by atoms with van der Waals surface area (Å²) in [4.78, 5) is 16.9. The molecule has 124 valence electrons. The fraction of sp³-hybridized carbons (Fsp3) is 0.444. The minimum absolute atomic E-state index is 0.180. The average molecular weight is 316 g/mol. The highest BCUT2D eigenvalue weighted by molar-refractivity contribution is 6.05. The van der Waals surface area contributed by atoms with Crippen LogP contribution in [0.5, 0.6) is 5.75 Å². The summed E-state index contributed by atoms with van der Waals surface area (Å²) in [6, 6.07) is 7.42. The van der Waals surface area contributed by atoms with Crippen LogP contribution in [0.25, 0.3) is 10.9 Å². The first-order chi connectivity index (χ1) is 11.0. The van der Waals surface area contributed by atoms with E-state index in [1.807, 2.05) is 38.1 Å². The lowest BCUT2D eigenvalue weighted by molar-refractivity contribution is -0.137. The number of rotatable bonds is 7. The van der Waals surface area contributed by atoms with E-state index >= 15 is 0 Å². The highest BCUT2D eigenvalue weighted by Gasteiger charge is 2.28. The fourth-order valence-electron chi connectivity index (χ4n) is 2.22. The molecule has 0 fully saturated rings. The molecule has 1 aromatic carbocycles. The smallest absolute Gasteiger partial charge is 0.256 e. The van der Waals surface area contributed by atoms with Crippen molar-refractivity contribution in [2.24, 2.45) is 0 Å². The molecular formula is C18H24N2O3. The molecule has 2 rings (SSSR count). The summed E-state index contributed by atoms with van der Waals surface area (Å²) in [7, 11) is 0. The van der Waals surface area contributed by atoms with Gasteiger partial charge in [0.25, 0.3) is 5.91 Å². The van der Waals surface area contributed by atoms with E-state index in [-0.39, 0.29) is 5.91 Å². The number of nitrogens with zero attached hydrogens (tertiary/aromatic N) is 1. The van der Waals surface area contributed by atoms with Gasteiger partial charge < -0.3 is 14.8 Å². The van der Waals surface area contributed by atoms with Gasteiger partial charge in [0.05, 0.1) is 12.3 Å². The number of carbonyl (C=O) groups excluding carboxylic acids is 1. The molecule has 0 aliphatic rings. The van der Waals surface area contributed by atoms with Crippen LogP contribution in [-0.4, -0.2) is 29.7 Å². The second-order valence-electron chi connectivity index (χ2n) is 5.76. The molecule has 5 heteroatoms. The molecule has 0 saturated carbocycles. The lowest BCUT2D eigenvalue weighted by atomic mass is 10.1. The van der Waals surface area contributed by atoms with Crippen molar-refractivity contribution in [1.82, 2.24) is 4.98 Å². The summed E-state index contributed by atoms with van der Waals surface area (Å²) in [6.07, 6.45) is 2.58. The van der Waals surface area contributed by atoms with Gasteiger partial charge in [0.2, 0.25) is 0 Å².